The first-order chi connectivity index (χ1) is 8.63. The summed E-state index contributed by atoms with van der Waals surface area (Å²) in [4.78, 5) is 11.3. The molecule has 2 atom stereocenters. The summed E-state index contributed by atoms with van der Waals surface area (Å²) in [6.07, 6.45) is 5.63. The SMILES string of the molecule is CSC1CCCC1Nc1cccc(Br)c1C(=O)O. The number of halogens is 1. The Morgan fingerprint density at radius 3 is 2.94 bits per heavy atom. The fourth-order valence-corrected chi connectivity index (χ4v) is 3.91. The minimum atomic E-state index is -0.899. The molecule has 0 heterocycles. The van der Waals surface area contributed by atoms with E-state index in [4.69, 9.17) is 0 Å². The summed E-state index contributed by atoms with van der Waals surface area (Å²) in [5.41, 5.74) is 1.03. The van der Waals surface area contributed by atoms with Crippen LogP contribution in [0.3, 0.4) is 0 Å². The predicted octanol–water partition coefficient (Wildman–Crippen LogP) is 3.84. The van der Waals surface area contributed by atoms with Crippen molar-refractivity contribution in [3.63, 3.8) is 0 Å². The van der Waals surface area contributed by atoms with Crippen LogP contribution in [-0.4, -0.2) is 28.6 Å². The average molecular weight is 330 g/mol. The lowest BCUT2D eigenvalue weighted by Gasteiger charge is -2.21. The van der Waals surface area contributed by atoms with E-state index in [0.717, 1.165) is 6.42 Å². The average Bonchev–Trinajstić information content (AvgIpc) is 2.76. The van der Waals surface area contributed by atoms with Crippen molar-refractivity contribution in [3.05, 3.63) is 28.2 Å². The number of benzene rings is 1. The van der Waals surface area contributed by atoms with Gasteiger partial charge in [0.15, 0.2) is 0 Å². The van der Waals surface area contributed by atoms with Gasteiger partial charge in [0.25, 0.3) is 0 Å². The maximum absolute atomic E-state index is 11.3. The second kappa shape index (κ2) is 5.97. The van der Waals surface area contributed by atoms with E-state index in [-0.39, 0.29) is 0 Å². The highest BCUT2D eigenvalue weighted by Crippen LogP contribution is 2.33. The van der Waals surface area contributed by atoms with Gasteiger partial charge in [0.05, 0.1) is 11.3 Å². The normalized spacial score (nSPS) is 23.0. The molecule has 1 saturated carbocycles. The van der Waals surface area contributed by atoms with Crippen LogP contribution in [0.1, 0.15) is 29.6 Å². The molecule has 2 unspecified atom stereocenters. The molecular weight excluding hydrogens is 314 g/mol. The lowest BCUT2D eigenvalue weighted by atomic mass is 10.1. The van der Waals surface area contributed by atoms with Gasteiger partial charge in [-0.1, -0.05) is 12.5 Å². The van der Waals surface area contributed by atoms with Gasteiger partial charge in [-0.15, -0.1) is 0 Å². The van der Waals surface area contributed by atoms with Gasteiger partial charge in [0.1, 0.15) is 0 Å². The number of carboxylic acids is 1. The predicted molar refractivity (Wildman–Crippen MR) is 79.7 cm³/mol. The molecule has 0 bridgehead atoms. The van der Waals surface area contributed by atoms with Crippen LogP contribution >= 0.6 is 27.7 Å². The standard InChI is InChI=1S/C13H16BrNO2S/c1-18-11-7-3-5-9(11)15-10-6-2-4-8(14)12(10)13(16)17/h2,4,6,9,11,15H,3,5,7H2,1H3,(H,16,17). The first kappa shape index (κ1) is 13.7. The first-order valence-electron chi connectivity index (χ1n) is 5.94. The summed E-state index contributed by atoms with van der Waals surface area (Å²) in [5.74, 6) is -0.899. The second-order valence-electron chi connectivity index (χ2n) is 4.42. The van der Waals surface area contributed by atoms with Crippen molar-refractivity contribution in [2.75, 3.05) is 11.6 Å². The second-order valence-corrected chi connectivity index (χ2v) is 6.35. The number of nitrogens with one attached hydrogen (secondary N) is 1. The van der Waals surface area contributed by atoms with Crippen molar-refractivity contribution < 1.29 is 9.90 Å². The number of carbonyl (C=O) groups is 1. The third kappa shape index (κ3) is 2.83. The number of hydrogen-bond acceptors (Lipinski definition) is 3. The van der Waals surface area contributed by atoms with Gasteiger partial charge in [-0.2, -0.15) is 11.8 Å². The van der Waals surface area contributed by atoms with Crippen molar-refractivity contribution >= 4 is 39.3 Å². The van der Waals surface area contributed by atoms with Gasteiger partial charge in [-0.3, -0.25) is 0 Å². The molecule has 18 heavy (non-hydrogen) atoms. The van der Waals surface area contributed by atoms with Crippen LogP contribution in [0.2, 0.25) is 0 Å². The lowest BCUT2D eigenvalue weighted by molar-refractivity contribution is 0.0697. The highest BCUT2D eigenvalue weighted by Gasteiger charge is 2.27. The maximum Gasteiger partial charge on any atom is 0.338 e. The lowest BCUT2D eigenvalue weighted by Crippen LogP contribution is -2.26. The van der Waals surface area contributed by atoms with E-state index < -0.39 is 5.97 Å². The third-order valence-electron chi connectivity index (χ3n) is 3.32. The van der Waals surface area contributed by atoms with Gasteiger partial charge in [0.2, 0.25) is 0 Å². The fourth-order valence-electron chi connectivity index (χ4n) is 2.43. The van der Waals surface area contributed by atoms with Crippen molar-refractivity contribution in [3.8, 4) is 0 Å². The molecule has 1 aliphatic carbocycles. The van der Waals surface area contributed by atoms with Crippen LogP contribution in [-0.2, 0) is 0 Å². The number of anilines is 1. The molecule has 1 fully saturated rings. The minimum Gasteiger partial charge on any atom is -0.478 e. The topological polar surface area (TPSA) is 49.3 Å². The fraction of sp³-hybridized carbons (Fsp3) is 0.462. The Balaban J connectivity index is 2.23. The number of hydrogen-bond donors (Lipinski definition) is 2. The molecule has 1 aromatic rings. The Kier molecular flexibility index (Phi) is 4.56. The van der Waals surface area contributed by atoms with Crippen molar-refractivity contribution in [2.24, 2.45) is 0 Å². The molecule has 1 aromatic carbocycles. The molecule has 0 saturated heterocycles. The molecule has 3 nitrogen and oxygen atoms in total. The Bertz CT molecular complexity index is 453. The van der Waals surface area contributed by atoms with Gasteiger partial charge in [0, 0.05) is 15.8 Å². The number of carboxylic acid groups (broad SMARTS) is 1. The summed E-state index contributed by atoms with van der Waals surface area (Å²) in [5, 5.41) is 13.2. The van der Waals surface area contributed by atoms with Crippen LogP contribution in [0.5, 0.6) is 0 Å². The van der Waals surface area contributed by atoms with E-state index in [9.17, 15) is 9.90 Å². The van der Waals surface area contributed by atoms with Crippen LogP contribution in [0.25, 0.3) is 0 Å². The molecule has 0 aliphatic heterocycles. The molecule has 0 spiro atoms. The van der Waals surface area contributed by atoms with E-state index in [1.54, 1.807) is 6.07 Å². The van der Waals surface area contributed by atoms with E-state index in [0.29, 0.717) is 27.0 Å². The summed E-state index contributed by atoms with van der Waals surface area (Å²) in [6.45, 7) is 0. The molecular formula is C13H16BrNO2S. The number of aromatic carboxylic acids is 1. The molecule has 0 radical (unpaired) electrons. The van der Waals surface area contributed by atoms with E-state index in [1.165, 1.54) is 12.8 Å². The third-order valence-corrected chi connectivity index (χ3v) is 5.15. The van der Waals surface area contributed by atoms with E-state index in [2.05, 4.69) is 27.5 Å². The van der Waals surface area contributed by atoms with Crippen molar-refractivity contribution in [1.82, 2.24) is 0 Å². The van der Waals surface area contributed by atoms with E-state index in [1.807, 2.05) is 23.9 Å². The molecule has 0 aromatic heterocycles. The Morgan fingerprint density at radius 1 is 1.50 bits per heavy atom. The summed E-state index contributed by atoms with van der Waals surface area (Å²) >= 11 is 5.16. The van der Waals surface area contributed by atoms with Gasteiger partial charge in [-0.05, 0) is 47.2 Å². The van der Waals surface area contributed by atoms with Crippen LogP contribution in [0.15, 0.2) is 22.7 Å². The quantitative estimate of drug-likeness (QED) is 0.881. The zero-order valence-corrected chi connectivity index (χ0v) is 12.6. The molecule has 2 N–H and O–H groups in total. The molecule has 0 amide bonds. The minimum absolute atomic E-state index is 0.323. The smallest absolute Gasteiger partial charge is 0.338 e. The first-order valence-corrected chi connectivity index (χ1v) is 8.02. The highest BCUT2D eigenvalue weighted by molar-refractivity contribution is 9.10. The van der Waals surface area contributed by atoms with Gasteiger partial charge in [-0.25, -0.2) is 4.79 Å². The summed E-state index contributed by atoms with van der Waals surface area (Å²) in [6, 6.07) is 5.83. The molecule has 2 rings (SSSR count). The van der Waals surface area contributed by atoms with Crippen molar-refractivity contribution in [2.45, 2.75) is 30.6 Å². The Labute approximate surface area is 119 Å². The number of thioether (sulfide) groups is 1. The highest BCUT2D eigenvalue weighted by atomic mass is 79.9. The molecule has 98 valence electrons. The molecule has 1 aliphatic rings. The van der Waals surface area contributed by atoms with Crippen LogP contribution in [0, 0.1) is 0 Å². The van der Waals surface area contributed by atoms with E-state index >= 15 is 0 Å². The van der Waals surface area contributed by atoms with Gasteiger partial charge < -0.3 is 10.4 Å². The summed E-state index contributed by atoms with van der Waals surface area (Å²) in [7, 11) is 0. The monoisotopic (exact) mass is 329 g/mol. The summed E-state index contributed by atoms with van der Waals surface area (Å²) < 4.78 is 0.624. The zero-order chi connectivity index (χ0) is 13.1. The Morgan fingerprint density at radius 2 is 2.28 bits per heavy atom. The number of rotatable bonds is 4. The molecule has 5 heteroatoms. The van der Waals surface area contributed by atoms with Gasteiger partial charge >= 0.3 is 5.97 Å². The van der Waals surface area contributed by atoms with Crippen molar-refractivity contribution in [1.29, 1.82) is 0 Å². The maximum atomic E-state index is 11.3. The van der Waals surface area contributed by atoms with Crippen LogP contribution in [0.4, 0.5) is 5.69 Å². The zero-order valence-electron chi connectivity index (χ0n) is 10.1. The largest absolute Gasteiger partial charge is 0.478 e. The van der Waals surface area contributed by atoms with Crippen LogP contribution < -0.4 is 5.32 Å². The Hall–Kier alpha value is -0.680.